The van der Waals surface area contributed by atoms with Crippen LogP contribution in [0.25, 0.3) is 5.69 Å². The van der Waals surface area contributed by atoms with Crippen molar-refractivity contribution in [2.75, 3.05) is 24.3 Å². The predicted octanol–water partition coefficient (Wildman–Crippen LogP) is 3.10. The van der Waals surface area contributed by atoms with Gasteiger partial charge >= 0.3 is 6.09 Å². The molecule has 0 saturated heterocycles. The number of anilines is 2. The van der Waals surface area contributed by atoms with E-state index >= 15 is 0 Å². The van der Waals surface area contributed by atoms with Crippen molar-refractivity contribution >= 4 is 46.8 Å². The van der Waals surface area contributed by atoms with E-state index < -0.39 is 18.0 Å². The van der Waals surface area contributed by atoms with E-state index in [2.05, 4.69) is 41.5 Å². The highest BCUT2D eigenvalue weighted by Gasteiger charge is 2.25. The Morgan fingerprint density at radius 2 is 1.95 bits per heavy atom. The number of methoxy groups -OCH3 is 1. The van der Waals surface area contributed by atoms with E-state index in [0.717, 1.165) is 11.3 Å². The SMILES string of the molecule is COC(=O)Nc1ccc2c(c1)NC(=O)C(C)CCCC[C@@H](C(=O)NCCc1cc(Cl)ccc1-n1cnnn1)NC2=O. The van der Waals surface area contributed by atoms with Crippen LogP contribution >= 0.6 is 11.6 Å². The second kappa shape index (κ2) is 13.7. The van der Waals surface area contributed by atoms with E-state index in [9.17, 15) is 19.2 Å². The lowest BCUT2D eigenvalue weighted by Crippen LogP contribution is -2.47. The molecule has 0 fully saturated rings. The molecule has 0 bridgehead atoms. The third-order valence-electron chi connectivity index (χ3n) is 6.73. The van der Waals surface area contributed by atoms with Gasteiger partial charge < -0.3 is 20.7 Å². The molecule has 0 aliphatic carbocycles. The number of aromatic nitrogens is 4. The predicted molar refractivity (Wildman–Crippen MR) is 151 cm³/mol. The Kier molecular flexibility index (Phi) is 9.85. The maximum absolute atomic E-state index is 13.3. The number of ether oxygens (including phenoxy) is 1. The van der Waals surface area contributed by atoms with Crippen LogP contribution in [0.15, 0.2) is 42.7 Å². The number of carbonyl (C=O) groups is 4. The molecule has 1 aliphatic rings. The maximum atomic E-state index is 13.3. The summed E-state index contributed by atoms with van der Waals surface area (Å²) in [6, 6.07) is 8.98. The molecule has 13 nitrogen and oxygen atoms in total. The number of fused-ring (bicyclic) bond motifs is 1. The minimum atomic E-state index is -0.799. The summed E-state index contributed by atoms with van der Waals surface area (Å²) in [5.74, 6) is -1.42. The Morgan fingerprint density at radius 3 is 2.71 bits per heavy atom. The van der Waals surface area contributed by atoms with Gasteiger partial charge in [0, 0.05) is 23.2 Å². The van der Waals surface area contributed by atoms with Gasteiger partial charge in [-0.1, -0.05) is 31.4 Å². The van der Waals surface area contributed by atoms with Crippen molar-refractivity contribution in [2.45, 2.75) is 45.1 Å². The first-order valence-electron chi connectivity index (χ1n) is 13.2. The molecule has 2 heterocycles. The van der Waals surface area contributed by atoms with Crippen molar-refractivity contribution in [2.24, 2.45) is 5.92 Å². The van der Waals surface area contributed by atoms with E-state index in [1.54, 1.807) is 25.1 Å². The second-order valence-corrected chi connectivity index (χ2v) is 10.1. The molecule has 4 amide bonds. The smallest absolute Gasteiger partial charge is 0.411 e. The van der Waals surface area contributed by atoms with E-state index in [1.807, 2.05) is 0 Å². The summed E-state index contributed by atoms with van der Waals surface area (Å²) in [6.07, 6.45) is 3.58. The van der Waals surface area contributed by atoms with Gasteiger partial charge in [0.2, 0.25) is 11.8 Å². The summed E-state index contributed by atoms with van der Waals surface area (Å²) in [4.78, 5) is 51.0. The van der Waals surface area contributed by atoms with E-state index in [0.29, 0.717) is 42.8 Å². The lowest BCUT2D eigenvalue weighted by molar-refractivity contribution is -0.123. The second-order valence-electron chi connectivity index (χ2n) is 9.65. The molecule has 14 heteroatoms. The highest BCUT2D eigenvalue weighted by molar-refractivity contribution is 6.30. The number of carbonyl (C=O) groups excluding carboxylic acids is 4. The van der Waals surface area contributed by atoms with Crippen molar-refractivity contribution in [3.05, 3.63) is 58.9 Å². The molecule has 3 aromatic rings. The largest absolute Gasteiger partial charge is 0.453 e. The summed E-state index contributed by atoms with van der Waals surface area (Å²) in [5, 5.41) is 22.8. The molecular weight excluding hydrogens is 552 g/mol. The van der Waals surface area contributed by atoms with Gasteiger partial charge in [0.15, 0.2) is 0 Å². The third-order valence-corrected chi connectivity index (χ3v) is 6.97. The fourth-order valence-corrected chi connectivity index (χ4v) is 4.67. The first-order chi connectivity index (χ1) is 19.7. The zero-order chi connectivity index (χ0) is 29.4. The Balaban J connectivity index is 1.49. The quantitative estimate of drug-likeness (QED) is 0.343. The Bertz CT molecular complexity index is 1410. The van der Waals surface area contributed by atoms with Gasteiger partial charge in [-0.15, -0.1) is 5.10 Å². The lowest BCUT2D eigenvalue weighted by atomic mass is 9.98. The van der Waals surface area contributed by atoms with Gasteiger partial charge in [0.1, 0.15) is 12.4 Å². The number of nitrogens with one attached hydrogen (secondary N) is 4. The number of hydrogen-bond donors (Lipinski definition) is 4. The van der Waals surface area contributed by atoms with Crippen molar-refractivity contribution in [1.29, 1.82) is 0 Å². The van der Waals surface area contributed by atoms with Gasteiger partial charge in [-0.3, -0.25) is 19.7 Å². The first-order valence-corrected chi connectivity index (χ1v) is 13.5. The van der Waals surface area contributed by atoms with E-state index in [-0.39, 0.29) is 35.5 Å². The Hall–Kier alpha value is -4.52. The highest BCUT2D eigenvalue weighted by atomic mass is 35.5. The van der Waals surface area contributed by atoms with Gasteiger partial charge in [-0.25, -0.2) is 9.48 Å². The van der Waals surface area contributed by atoms with Crippen molar-refractivity contribution < 1.29 is 23.9 Å². The number of benzene rings is 2. The Morgan fingerprint density at radius 1 is 1.15 bits per heavy atom. The molecule has 216 valence electrons. The number of halogens is 1. The number of nitrogens with zero attached hydrogens (tertiary/aromatic N) is 4. The summed E-state index contributed by atoms with van der Waals surface area (Å²) in [6.45, 7) is 2.09. The Labute approximate surface area is 241 Å². The minimum Gasteiger partial charge on any atom is -0.453 e. The molecule has 0 radical (unpaired) electrons. The molecule has 1 aliphatic heterocycles. The monoisotopic (exact) mass is 582 g/mol. The molecule has 2 atom stereocenters. The molecule has 1 aromatic heterocycles. The van der Waals surface area contributed by atoms with Crippen LogP contribution in [0.1, 0.15) is 48.5 Å². The lowest BCUT2D eigenvalue weighted by Gasteiger charge is -2.22. The summed E-state index contributed by atoms with van der Waals surface area (Å²) in [7, 11) is 1.23. The van der Waals surface area contributed by atoms with Crippen LogP contribution in [-0.4, -0.2) is 63.7 Å². The summed E-state index contributed by atoms with van der Waals surface area (Å²) >= 11 is 6.20. The number of amides is 4. The highest BCUT2D eigenvalue weighted by Crippen LogP contribution is 2.24. The normalized spacial score (nSPS) is 17.6. The van der Waals surface area contributed by atoms with Crippen LogP contribution < -0.4 is 21.3 Å². The number of rotatable bonds is 6. The van der Waals surface area contributed by atoms with Gasteiger partial charge in [-0.05, 0) is 71.7 Å². The summed E-state index contributed by atoms with van der Waals surface area (Å²) < 4.78 is 6.14. The van der Waals surface area contributed by atoms with Crippen LogP contribution in [0.2, 0.25) is 5.02 Å². The van der Waals surface area contributed by atoms with Crippen LogP contribution in [0.4, 0.5) is 16.2 Å². The first kappa shape index (κ1) is 29.5. The van der Waals surface area contributed by atoms with Crippen LogP contribution in [0.5, 0.6) is 0 Å². The van der Waals surface area contributed by atoms with Crippen LogP contribution in [0, 0.1) is 5.92 Å². The zero-order valence-electron chi connectivity index (χ0n) is 22.6. The number of hydrogen-bond acceptors (Lipinski definition) is 8. The van der Waals surface area contributed by atoms with E-state index in [4.69, 9.17) is 11.6 Å². The maximum Gasteiger partial charge on any atom is 0.411 e. The molecule has 4 N–H and O–H groups in total. The zero-order valence-corrected chi connectivity index (χ0v) is 23.4. The average molecular weight is 583 g/mol. The third kappa shape index (κ3) is 7.78. The van der Waals surface area contributed by atoms with E-state index in [1.165, 1.54) is 36.3 Å². The van der Waals surface area contributed by atoms with Crippen molar-refractivity contribution in [3.63, 3.8) is 0 Å². The molecule has 2 aromatic carbocycles. The van der Waals surface area contributed by atoms with Crippen LogP contribution in [-0.2, 0) is 20.7 Å². The van der Waals surface area contributed by atoms with Gasteiger partial charge in [0.25, 0.3) is 5.91 Å². The molecule has 4 rings (SSSR count). The van der Waals surface area contributed by atoms with Gasteiger partial charge in [-0.2, -0.15) is 0 Å². The standard InChI is InChI=1S/C27H31ClN8O5/c1-16-5-3-4-6-21(26(39)29-12-11-17-13-18(28)7-10-23(17)36-15-30-34-35-36)32-25(38)20-9-8-19(31-27(40)41-2)14-22(20)33-24(16)37/h7-10,13-16,21H,3-6,11-12H2,1-2H3,(H,29,39)(H,31,40)(H,32,38)(H,33,37)/t16?,21-/m0/s1. The van der Waals surface area contributed by atoms with Crippen molar-refractivity contribution in [1.82, 2.24) is 30.8 Å². The fourth-order valence-electron chi connectivity index (χ4n) is 4.48. The fraction of sp³-hybridized carbons (Fsp3) is 0.370. The van der Waals surface area contributed by atoms with Gasteiger partial charge in [0.05, 0.1) is 24.0 Å². The molecule has 0 saturated carbocycles. The average Bonchev–Trinajstić information content (AvgIpc) is 3.48. The molecule has 1 unspecified atom stereocenters. The molecule has 41 heavy (non-hydrogen) atoms. The molecule has 0 spiro atoms. The van der Waals surface area contributed by atoms with Crippen molar-refractivity contribution in [3.8, 4) is 5.69 Å². The van der Waals surface area contributed by atoms with Crippen LogP contribution in [0.3, 0.4) is 0 Å². The summed E-state index contributed by atoms with van der Waals surface area (Å²) in [5.41, 5.74) is 2.28. The topological polar surface area (TPSA) is 169 Å². The number of tetrazole rings is 1. The minimum absolute atomic E-state index is 0.157. The molecular formula is C27H31ClN8O5.